The van der Waals surface area contributed by atoms with Gasteiger partial charge in [0.05, 0.1) is 0 Å². The minimum atomic E-state index is -0.484. The topological polar surface area (TPSA) is 36.4 Å². The van der Waals surface area contributed by atoms with Crippen LogP contribution >= 0.6 is 0 Å². The maximum absolute atomic E-state index is 14.1. The molecule has 1 aromatic rings. The molecule has 2 rings (SSSR count). The van der Waals surface area contributed by atoms with E-state index in [-0.39, 0.29) is 5.56 Å². The maximum Gasteiger partial charge on any atom is 0.190 e. The van der Waals surface area contributed by atoms with E-state index < -0.39 is 17.0 Å². The van der Waals surface area contributed by atoms with Gasteiger partial charge < -0.3 is 10.6 Å². The van der Waals surface area contributed by atoms with Crippen molar-refractivity contribution in [3.8, 4) is 0 Å². The number of nitrogens with one attached hydrogen (secondary N) is 2. The van der Waals surface area contributed by atoms with Gasteiger partial charge in [0.1, 0.15) is 11.6 Å². The quantitative estimate of drug-likeness (QED) is 0.660. The molecule has 1 fully saturated rings. The second-order valence-electron chi connectivity index (χ2n) is 5.26. The van der Waals surface area contributed by atoms with Gasteiger partial charge in [-0.2, -0.15) is 0 Å². The Morgan fingerprint density at radius 1 is 1.25 bits per heavy atom. The van der Waals surface area contributed by atoms with E-state index in [2.05, 4.69) is 15.6 Å². The molecule has 0 aromatic heterocycles. The molecule has 0 unspecified atom stereocenters. The van der Waals surface area contributed by atoms with Crippen LogP contribution in [0.4, 0.5) is 8.78 Å². The molecule has 1 aliphatic rings. The third-order valence-electron chi connectivity index (χ3n) is 4.11. The Bertz CT molecular complexity index is 474. The maximum atomic E-state index is 14.1. The second kappa shape index (κ2) is 6.20. The third-order valence-corrected chi connectivity index (χ3v) is 4.11. The number of aliphatic imine (C=N–C) groups is 1. The van der Waals surface area contributed by atoms with Crippen LogP contribution in [-0.4, -0.2) is 26.6 Å². The van der Waals surface area contributed by atoms with E-state index in [1.54, 1.807) is 14.1 Å². The van der Waals surface area contributed by atoms with Gasteiger partial charge in [0, 0.05) is 31.6 Å². The first kappa shape index (κ1) is 14.8. The summed E-state index contributed by atoms with van der Waals surface area (Å²) in [5.41, 5.74) is -0.265. The first-order valence-electron chi connectivity index (χ1n) is 6.96. The summed E-state index contributed by atoms with van der Waals surface area (Å²) >= 11 is 0. The summed E-state index contributed by atoms with van der Waals surface area (Å²) in [6.07, 6.45) is 3.57. The van der Waals surface area contributed by atoms with Crippen LogP contribution in [0.15, 0.2) is 23.2 Å². The highest BCUT2D eigenvalue weighted by atomic mass is 19.1. The minimum Gasteiger partial charge on any atom is -0.359 e. The largest absolute Gasteiger partial charge is 0.359 e. The number of benzene rings is 1. The predicted molar refractivity (Wildman–Crippen MR) is 76.9 cm³/mol. The lowest BCUT2D eigenvalue weighted by atomic mass is 9.78. The average Bonchev–Trinajstić information content (AvgIpc) is 2.89. The molecule has 0 atom stereocenters. The first-order chi connectivity index (χ1) is 9.63. The van der Waals surface area contributed by atoms with Gasteiger partial charge in [-0.3, -0.25) is 4.99 Å². The van der Waals surface area contributed by atoms with Crippen LogP contribution in [0.3, 0.4) is 0 Å². The van der Waals surface area contributed by atoms with Crippen LogP contribution < -0.4 is 10.6 Å². The minimum absolute atomic E-state index is 0.219. The van der Waals surface area contributed by atoms with E-state index in [0.717, 1.165) is 25.7 Å². The number of halogens is 2. The van der Waals surface area contributed by atoms with Gasteiger partial charge in [-0.15, -0.1) is 0 Å². The summed E-state index contributed by atoms with van der Waals surface area (Å²) in [6, 6.07) is 4.09. The molecule has 0 radical (unpaired) electrons. The Kier molecular flexibility index (Phi) is 4.57. The number of nitrogens with zero attached hydrogens (tertiary/aromatic N) is 1. The molecular formula is C15H21F2N3. The van der Waals surface area contributed by atoms with Crippen molar-refractivity contribution in [2.75, 3.05) is 20.6 Å². The Balaban J connectivity index is 2.30. The lowest BCUT2D eigenvalue weighted by Crippen LogP contribution is -2.44. The van der Waals surface area contributed by atoms with Gasteiger partial charge in [0.15, 0.2) is 5.96 Å². The molecule has 0 amide bonds. The van der Waals surface area contributed by atoms with Crippen molar-refractivity contribution >= 4 is 5.96 Å². The summed E-state index contributed by atoms with van der Waals surface area (Å²) in [5, 5.41) is 6.09. The van der Waals surface area contributed by atoms with Gasteiger partial charge in [-0.1, -0.05) is 18.9 Å². The molecule has 0 spiro atoms. The third kappa shape index (κ3) is 2.76. The summed E-state index contributed by atoms with van der Waals surface area (Å²) in [4.78, 5) is 4.04. The molecule has 1 saturated carbocycles. The van der Waals surface area contributed by atoms with Crippen LogP contribution in [0.1, 0.15) is 31.2 Å². The Morgan fingerprint density at radius 2 is 1.85 bits per heavy atom. The zero-order valence-electron chi connectivity index (χ0n) is 12.0. The molecule has 2 N–H and O–H groups in total. The van der Waals surface area contributed by atoms with Gasteiger partial charge >= 0.3 is 0 Å². The molecule has 20 heavy (non-hydrogen) atoms. The lowest BCUT2D eigenvalue weighted by Gasteiger charge is -2.31. The van der Waals surface area contributed by atoms with E-state index in [9.17, 15) is 8.78 Å². The number of hydrogen-bond acceptors (Lipinski definition) is 1. The molecule has 5 heteroatoms. The zero-order chi connectivity index (χ0) is 14.6. The summed E-state index contributed by atoms with van der Waals surface area (Å²) in [7, 11) is 3.43. The van der Waals surface area contributed by atoms with Gasteiger partial charge in [-0.05, 0) is 25.0 Å². The van der Waals surface area contributed by atoms with Crippen molar-refractivity contribution in [1.29, 1.82) is 0 Å². The summed E-state index contributed by atoms with van der Waals surface area (Å²) < 4.78 is 28.2. The van der Waals surface area contributed by atoms with Crippen molar-refractivity contribution in [2.45, 2.75) is 31.1 Å². The highest BCUT2D eigenvalue weighted by Gasteiger charge is 2.39. The van der Waals surface area contributed by atoms with E-state index in [1.807, 2.05) is 0 Å². The van der Waals surface area contributed by atoms with Crippen molar-refractivity contribution in [3.05, 3.63) is 35.4 Å². The van der Waals surface area contributed by atoms with Crippen molar-refractivity contribution in [3.63, 3.8) is 0 Å². The highest BCUT2D eigenvalue weighted by Crippen LogP contribution is 2.42. The van der Waals surface area contributed by atoms with Crippen LogP contribution in [0.5, 0.6) is 0 Å². The van der Waals surface area contributed by atoms with Gasteiger partial charge in [0.25, 0.3) is 0 Å². The van der Waals surface area contributed by atoms with Gasteiger partial charge in [-0.25, -0.2) is 8.78 Å². The fourth-order valence-corrected chi connectivity index (χ4v) is 3.10. The van der Waals surface area contributed by atoms with E-state index >= 15 is 0 Å². The van der Waals surface area contributed by atoms with Gasteiger partial charge in [0.2, 0.25) is 0 Å². The summed E-state index contributed by atoms with van der Waals surface area (Å²) in [6.45, 7) is 0.484. The van der Waals surface area contributed by atoms with E-state index in [4.69, 9.17) is 0 Å². The number of rotatable bonds is 3. The highest BCUT2D eigenvalue weighted by molar-refractivity contribution is 5.79. The number of guanidine groups is 1. The fraction of sp³-hybridized carbons (Fsp3) is 0.533. The molecule has 0 saturated heterocycles. The molecule has 1 aliphatic carbocycles. The standard InChI is InChI=1S/C15H21F2N3/c1-18-14(19-2)20-10-15(8-3-4-9-15)13-11(16)6-5-7-12(13)17/h5-7H,3-4,8-10H2,1-2H3,(H2,18,19,20). The first-order valence-corrected chi connectivity index (χ1v) is 6.96. The SMILES string of the molecule is CN=C(NC)NCC1(c2c(F)cccc2F)CCCC1. The van der Waals surface area contributed by atoms with Crippen molar-refractivity contribution in [1.82, 2.24) is 10.6 Å². The van der Waals surface area contributed by atoms with E-state index in [1.165, 1.54) is 18.2 Å². The molecule has 0 aliphatic heterocycles. The van der Waals surface area contributed by atoms with Crippen LogP contribution in [0.2, 0.25) is 0 Å². The Morgan fingerprint density at radius 3 is 2.35 bits per heavy atom. The van der Waals surface area contributed by atoms with E-state index in [0.29, 0.717) is 12.5 Å². The fourth-order valence-electron chi connectivity index (χ4n) is 3.10. The smallest absolute Gasteiger partial charge is 0.190 e. The molecule has 110 valence electrons. The van der Waals surface area contributed by atoms with Crippen molar-refractivity contribution < 1.29 is 8.78 Å². The monoisotopic (exact) mass is 281 g/mol. The second-order valence-corrected chi connectivity index (χ2v) is 5.26. The molecular weight excluding hydrogens is 260 g/mol. The van der Waals surface area contributed by atoms with Crippen LogP contribution in [0.25, 0.3) is 0 Å². The Hall–Kier alpha value is -1.65. The lowest BCUT2D eigenvalue weighted by molar-refractivity contribution is 0.386. The molecule has 3 nitrogen and oxygen atoms in total. The Labute approximate surface area is 118 Å². The van der Waals surface area contributed by atoms with Crippen LogP contribution in [0, 0.1) is 11.6 Å². The summed E-state index contributed by atoms with van der Waals surface area (Å²) in [5.74, 6) is -0.269. The average molecular weight is 281 g/mol. The zero-order valence-corrected chi connectivity index (χ0v) is 12.0. The molecule has 0 heterocycles. The number of hydrogen-bond donors (Lipinski definition) is 2. The molecule has 0 bridgehead atoms. The normalized spacial score (nSPS) is 18.1. The molecule has 1 aromatic carbocycles. The van der Waals surface area contributed by atoms with Crippen molar-refractivity contribution in [2.24, 2.45) is 4.99 Å². The predicted octanol–water partition coefficient (Wildman–Crippen LogP) is 2.57. The van der Waals surface area contributed by atoms with Crippen LogP contribution in [-0.2, 0) is 5.41 Å².